The van der Waals surface area contributed by atoms with Crippen molar-refractivity contribution in [3.05, 3.63) is 101 Å². The van der Waals surface area contributed by atoms with Crippen LogP contribution in [0.1, 0.15) is 17.2 Å². The third kappa shape index (κ3) is 3.48. The lowest BCUT2D eigenvalue weighted by Gasteiger charge is -2.28. The number of benzene rings is 3. The number of likely N-dealkylation sites (tertiary alicyclic amines) is 1. The van der Waals surface area contributed by atoms with Crippen LogP contribution >= 0.6 is 11.6 Å². The number of halogens is 2. The van der Waals surface area contributed by atoms with Gasteiger partial charge in [-0.3, -0.25) is 19.3 Å². The Hall–Kier alpha value is -3.22. The largest absolute Gasteiger partial charge is 0.275 e. The predicted molar refractivity (Wildman–Crippen MR) is 113 cm³/mol. The van der Waals surface area contributed by atoms with Crippen molar-refractivity contribution in [3.8, 4) is 0 Å². The van der Waals surface area contributed by atoms with E-state index in [1.807, 2.05) is 30.3 Å². The fourth-order valence-electron chi connectivity index (χ4n) is 4.20. The highest BCUT2D eigenvalue weighted by atomic mass is 35.5. The van der Waals surface area contributed by atoms with Gasteiger partial charge in [-0.25, -0.2) is 9.45 Å². The van der Waals surface area contributed by atoms with Crippen molar-refractivity contribution >= 4 is 29.1 Å². The standard InChI is InChI=1S/C24H18ClFN2O3/c25-17-8-12-19(13-9-17)28-21(16-6-10-18(26)11-7-16)20-22(31-28)24(30)27(23(20)29)14-15-4-2-1-3-5-15/h1-13,20-22H,14H2/t20-,21-,22+/m0/s1. The van der Waals surface area contributed by atoms with E-state index in [4.69, 9.17) is 16.4 Å². The van der Waals surface area contributed by atoms with E-state index in [2.05, 4.69) is 0 Å². The topological polar surface area (TPSA) is 49.9 Å². The Labute approximate surface area is 183 Å². The molecule has 2 aliphatic rings. The van der Waals surface area contributed by atoms with Crippen molar-refractivity contribution in [2.24, 2.45) is 5.92 Å². The highest BCUT2D eigenvalue weighted by Crippen LogP contribution is 2.47. The molecule has 2 saturated heterocycles. The molecule has 31 heavy (non-hydrogen) atoms. The lowest BCUT2D eigenvalue weighted by atomic mass is 9.90. The zero-order valence-electron chi connectivity index (χ0n) is 16.3. The third-order valence-corrected chi connectivity index (χ3v) is 5.93. The number of fused-ring (bicyclic) bond motifs is 1. The highest BCUT2D eigenvalue weighted by molar-refractivity contribution is 6.30. The van der Waals surface area contributed by atoms with Crippen LogP contribution < -0.4 is 5.06 Å². The predicted octanol–water partition coefficient (Wildman–Crippen LogP) is 4.53. The minimum atomic E-state index is -0.943. The lowest BCUT2D eigenvalue weighted by Crippen LogP contribution is -2.36. The van der Waals surface area contributed by atoms with Crippen molar-refractivity contribution in [2.45, 2.75) is 18.7 Å². The van der Waals surface area contributed by atoms with Gasteiger partial charge in [-0.2, -0.15) is 0 Å². The third-order valence-electron chi connectivity index (χ3n) is 5.68. The minimum absolute atomic E-state index is 0.186. The summed E-state index contributed by atoms with van der Waals surface area (Å²) in [5.41, 5.74) is 2.20. The first kappa shape index (κ1) is 19.7. The van der Waals surface area contributed by atoms with E-state index in [0.29, 0.717) is 16.3 Å². The SMILES string of the molecule is O=C1[C@@H]2[C@@H](ON(c3ccc(Cl)cc3)[C@H]2c2ccc(F)cc2)C(=O)N1Cc1ccccc1. The van der Waals surface area contributed by atoms with Crippen LogP contribution in [-0.2, 0) is 21.0 Å². The Balaban J connectivity index is 1.52. The summed E-state index contributed by atoms with van der Waals surface area (Å²) in [7, 11) is 0. The summed E-state index contributed by atoms with van der Waals surface area (Å²) in [6.45, 7) is 0.186. The average Bonchev–Trinajstić information content (AvgIpc) is 3.28. The number of carbonyl (C=O) groups excluding carboxylic acids is 2. The van der Waals surface area contributed by atoms with E-state index < -0.39 is 18.1 Å². The van der Waals surface area contributed by atoms with Crippen molar-refractivity contribution in [2.75, 3.05) is 5.06 Å². The van der Waals surface area contributed by atoms with E-state index in [-0.39, 0.29) is 24.2 Å². The Kier molecular flexibility index (Phi) is 4.96. The van der Waals surface area contributed by atoms with Gasteiger partial charge >= 0.3 is 0 Å². The molecule has 2 fully saturated rings. The van der Waals surface area contributed by atoms with Gasteiger partial charge in [0.2, 0.25) is 5.91 Å². The molecule has 5 rings (SSSR count). The number of hydroxylamine groups is 1. The molecule has 0 radical (unpaired) electrons. The van der Waals surface area contributed by atoms with Crippen LogP contribution in [0.3, 0.4) is 0 Å². The number of anilines is 1. The van der Waals surface area contributed by atoms with Gasteiger partial charge < -0.3 is 0 Å². The monoisotopic (exact) mass is 436 g/mol. The van der Waals surface area contributed by atoms with Crippen LogP contribution in [0.5, 0.6) is 0 Å². The molecule has 0 spiro atoms. The van der Waals surface area contributed by atoms with Gasteiger partial charge in [-0.05, 0) is 47.5 Å². The molecule has 156 valence electrons. The number of imide groups is 1. The maximum Gasteiger partial charge on any atom is 0.262 e. The molecule has 7 heteroatoms. The molecule has 2 aliphatic heterocycles. The van der Waals surface area contributed by atoms with Crippen LogP contribution in [0.2, 0.25) is 5.02 Å². The first-order valence-electron chi connectivity index (χ1n) is 9.89. The molecule has 5 nitrogen and oxygen atoms in total. The quantitative estimate of drug-likeness (QED) is 0.564. The van der Waals surface area contributed by atoms with Crippen LogP contribution in [0, 0.1) is 11.7 Å². The average molecular weight is 437 g/mol. The molecule has 3 aromatic carbocycles. The molecule has 0 N–H and O–H groups in total. The van der Waals surface area contributed by atoms with Gasteiger partial charge in [0.05, 0.1) is 18.3 Å². The lowest BCUT2D eigenvalue weighted by molar-refractivity contribution is -0.143. The number of amides is 2. The number of hydrogen-bond donors (Lipinski definition) is 0. The normalized spacial score (nSPS) is 22.8. The Morgan fingerprint density at radius 1 is 0.871 bits per heavy atom. The van der Waals surface area contributed by atoms with Crippen molar-refractivity contribution < 1.29 is 18.8 Å². The number of rotatable bonds is 4. The maximum absolute atomic E-state index is 13.6. The van der Waals surface area contributed by atoms with E-state index >= 15 is 0 Å². The summed E-state index contributed by atoms with van der Waals surface area (Å²) < 4.78 is 13.6. The summed E-state index contributed by atoms with van der Waals surface area (Å²) in [6, 6.07) is 21.6. The first-order valence-corrected chi connectivity index (χ1v) is 10.3. The van der Waals surface area contributed by atoms with Gasteiger partial charge in [0.25, 0.3) is 5.91 Å². The second-order valence-electron chi connectivity index (χ2n) is 7.60. The first-order chi connectivity index (χ1) is 15.0. The second kappa shape index (κ2) is 7.80. The molecular weight excluding hydrogens is 419 g/mol. The molecule has 0 bridgehead atoms. The summed E-state index contributed by atoms with van der Waals surface area (Å²) in [5.74, 6) is -1.79. The zero-order chi connectivity index (χ0) is 21.5. The summed E-state index contributed by atoms with van der Waals surface area (Å²) in [6.07, 6.45) is -0.943. The molecule has 3 atom stereocenters. The van der Waals surface area contributed by atoms with Gasteiger partial charge in [0.15, 0.2) is 6.10 Å². The molecule has 0 saturated carbocycles. The van der Waals surface area contributed by atoms with E-state index in [9.17, 15) is 14.0 Å². The molecule has 3 aromatic rings. The maximum atomic E-state index is 13.6. The van der Waals surface area contributed by atoms with Crippen LogP contribution in [-0.4, -0.2) is 22.8 Å². The molecular formula is C24H18ClFN2O3. The summed E-state index contributed by atoms with van der Waals surface area (Å²) in [4.78, 5) is 33.8. The smallest absolute Gasteiger partial charge is 0.262 e. The Morgan fingerprint density at radius 3 is 2.23 bits per heavy atom. The van der Waals surface area contributed by atoms with Gasteiger partial charge in [-0.1, -0.05) is 54.1 Å². The Morgan fingerprint density at radius 2 is 1.55 bits per heavy atom. The van der Waals surface area contributed by atoms with Crippen LogP contribution in [0.4, 0.5) is 10.1 Å². The molecule has 2 heterocycles. The van der Waals surface area contributed by atoms with Crippen molar-refractivity contribution in [1.82, 2.24) is 4.90 Å². The van der Waals surface area contributed by atoms with Crippen LogP contribution in [0.25, 0.3) is 0 Å². The van der Waals surface area contributed by atoms with Crippen molar-refractivity contribution in [3.63, 3.8) is 0 Å². The molecule has 0 unspecified atom stereocenters. The van der Waals surface area contributed by atoms with Crippen LogP contribution in [0.15, 0.2) is 78.9 Å². The second-order valence-corrected chi connectivity index (χ2v) is 8.04. The summed E-state index contributed by atoms with van der Waals surface area (Å²) in [5, 5.41) is 2.12. The number of carbonyl (C=O) groups is 2. The zero-order valence-corrected chi connectivity index (χ0v) is 17.1. The molecule has 2 amide bonds. The fraction of sp³-hybridized carbons (Fsp3) is 0.167. The van der Waals surface area contributed by atoms with Gasteiger partial charge in [-0.15, -0.1) is 0 Å². The van der Waals surface area contributed by atoms with Gasteiger partial charge in [0, 0.05) is 5.02 Å². The number of nitrogens with zero attached hydrogens (tertiary/aromatic N) is 2. The van der Waals surface area contributed by atoms with E-state index in [1.165, 1.54) is 17.0 Å². The fourth-order valence-corrected chi connectivity index (χ4v) is 4.33. The molecule has 0 aromatic heterocycles. The highest BCUT2D eigenvalue weighted by Gasteiger charge is 2.59. The van der Waals surface area contributed by atoms with E-state index in [1.54, 1.807) is 41.5 Å². The minimum Gasteiger partial charge on any atom is -0.275 e. The number of hydrogen-bond acceptors (Lipinski definition) is 4. The molecule has 0 aliphatic carbocycles. The summed E-state index contributed by atoms with van der Waals surface area (Å²) >= 11 is 6.01. The van der Waals surface area contributed by atoms with Crippen molar-refractivity contribution in [1.29, 1.82) is 0 Å². The van der Waals surface area contributed by atoms with Gasteiger partial charge in [0.1, 0.15) is 11.7 Å². The van der Waals surface area contributed by atoms with E-state index in [0.717, 1.165) is 5.56 Å². The Bertz CT molecular complexity index is 1120.